The number of carbonyl (C=O) groups is 4. The fraction of sp³-hybridized carbons (Fsp3) is 0.434. The van der Waals surface area contributed by atoms with Gasteiger partial charge in [-0.05, 0) is 104 Å². The van der Waals surface area contributed by atoms with Crippen molar-refractivity contribution in [3.05, 3.63) is 114 Å². The summed E-state index contributed by atoms with van der Waals surface area (Å²) in [7, 11) is 2.76. The SMILES string of the molecule is COC1C(OC(=O)c2ccc(C)[nH]2)C(O)C(Oc2ccc3c(O)c(CC(=O)CC(=O)Cc4c(O)c5ccc(OC6OC(C)(C)C(OC)C(OC(=O)c7ccc(C)[nH]7)C6O)c(C)c5oc4=O)c(=O)oc3c2C)OC1(C)C. The molecule has 0 radical (unpaired) electrons. The number of esters is 2. The molecule has 8 atom stereocenters. The van der Waals surface area contributed by atoms with E-state index in [1.54, 1.807) is 53.7 Å². The number of rotatable bonds is 16. The first kappa shape index (κ1) is 53.9. The minimum Gasteiger partial charge on any atom is -0.507 e. The number of methoxy groups -OCH3 is 2. The molecule has 2 aliphatic heterocycles. The fourth-order valence-electron chi connectivity index (χ4n) is 9.61. The number of nitrogens with one attached hydrogen (secondary N) is 2. The van der Waals surface area contributed by atoms with Gasteiger partial charge >= 0.3 is 23.2 Å². The third-order valence-electron chi connectivity index (χ3n) is 13.4. The van der Waals surface area contributed by atoms with Crippen LogP contribution in [0.25, 0.3) is 21.9 Å². The van der Waals surface area contributed by atoms with Gasteiger partial charge in [-0.1, -0.05) is 0 Å². The van der Waals surface area contributed by atoms with Crippen molar-refractivity contribution in [3.8, 4) is 23.0 Å². The highest BCUT2D eigenvalue weighted by atomic mass is 16.7. The Bertz CT molecular complexity index is 3110. The molecule has 75 heavy (non-hydrogen) atoms. The van der Waals surface area contributed by atoms with E-state index in [0.717, 1.165) is 11.4 Å². The summed E-state index contributed by atoms with van der Waals surface area (Å²) in [6, 6.07) is 12.0. The Hall–Kier alpha value is -7.34. The Kier molecular flexibility index (Phi) is 14.9. The number of hydrogen-bond donors (Lipinski definition) is 6. The predicted molar refractivity (Wildman–Crippen MR) is 262 cm³/mol. The van der Waals surface area contributed by atoms with Gasteiger partial charge in [-0.25, -0.2) is 19.2 Å². The lowest BCUT2D eigenvalue weighted by Crippen LogP contribution is -2.65. The van der Waals surface area contributed by atoms with Crippen molar-refractivity contribution < 1.29 is 86.3 Å². The Morgan fingerprint density at radius 3 is 1.29 bits per heavy atom. The quantitative estimate of drug-likeness (QED) is 0.0433. The van der Waals surface area contributed by atoms with Crippen LogP contribution in [0.5, 0.6) is 23.0 Å². The lowest BCUT2D eigenvalue weighted by molar-refractivity contribution is -0.305. The van der Waals surface area contributed by atoms with E-state index in [1.165, 1.54) is 64.5 Å². The van der Waals surface area contributed by atoms with Gasteiger partial charge in [0.05, 0.1) is 39.5 Å². The van der Waals surface area contributed by atoms with Gasteiger partial charge in [0.2, 0.25) is 12.6 Å². The van der Waals surface area contributed by atoms with E-state index < -0.39 is 137 Å². The second-order valence-corrected chi connectivity index (χ2v) is 19.7. The van der Waals surface area contributed by atoms with Crippen LogP contribution in [0, 0.1) is 27.7 Å². The number of benzene rings is 2. The summed E-state index contributed by atoms with van der Waals surface area (Å²) in [6.45, 7) is 13.2. The van der Waals surface area contributed by atoms with Crippen LogP contribution in [0.3, 0.4) is 0 Å². The molecule has 6 aromatic rings. The minimum absolute atomic E-state index is 0.00757. The summed E-state index contributed by atoms with van der Waals surface area (Å²) < 4.78 is 58.2. The van der Waals surface area contributed by atoms with Crippen molar-refractivity contribution in [2.45, 2.75) is 135 Å². The lowest BCUT2D eigenvalue weighted by atomic mass is 9.89. The topological polar surface area (TPSA) is 315 Å². The molecule has 0 amide bonds. The molecule has 22 heteroatoms. The Balaban J connectivity index is 0.940. The number of hydrogen-bond acceptors (Lipinski definition) is 20. The van der Waals surface area contributed by atoms with E-state index in [1.807, 2.05) is 0 Å². The minimum atomic E-state index is -1.58. The summed E-state index contributed by atoms with van der Waals surface area (Å²) in [6.07, 6.45) is -12.7. The van der Waals surface area contributed by atoms with Gasteiger partial charge in [0.1, 0.15) is 69.3 Å². The molecule has 400 valence electrons. The van der Waals surface area contributed by atoms with Crippen molar-refractivity contribution in [2.75, 3.05) is 14.2 Å². The van der Waals surface area contributed by atoms with Crippen molar-refractivity contribution >= 4 is 45.4 Å². The van der Waals surface area contributed by atoms with E-state index in [0.29, 0.717) is 0 Å². The summed E-state index contributed by atoms with van der Waals surface area (Å²) in [5.74, 6) is -4.25. The fourth-order valence-corrected chi connectivity index (χ4v) is 9.61. The van der Waals surface area contributed by atoms with Crippen LogP contribution in [0.2, 0.25) is 0 Å². The number of aryl methyl sites for hydroxylation is 4. The number of ether oxygens (including phenoxy) is 8. The van der Waals surface area contributed by atoms with Crippen LogP contribution in [0.4, 0.5) is 0 Å². The number of carbonyl (C=O) groups excluding carboxylic acids is 4. The summed E-state index contributed by atoms with van der Waals surface area (Å²) >= 11 is 0. The van der Waals surface area contributed by atoms with Crippen LogP contribution >= 0.6 is 0 Å². The molecule has 22 nitrogen and oxygen atoms in total. The van der Waals surface area contributed by atoms with Gasteiger partial charge in [-0.15, -0.1) is 0 Å². The molecule has 6 N–H and O–H groups in total. The number of ketones is 2. The predicted octanol–water partition coefficient (Wildman–Crippen LogP) is 4.74. The van der Waals surface area contributed by atoms with Crippen LogP contribution < -0.4 is 20.7 Å². The zero-order valence-corrected chi connectivity index (χ0v) is 42.7. The standard InChI is InChI=1S/C53H58N2O20/c1-22-11-15-32(54-22)48(64)72-42-38(60)50(74-52(5,6)44(42)66-9)68-34-17-13-28-36(58)30(46(62)70-40(28)24(34)3)20-26(56)19-27(57)21-31-37(59)29-14-18-35(25(4)41(29)71-47(31)63)69-51-39(61)43(45(67-10)53(7,8)75-51)73-49(65)33-16-12-23(2)55-33/h11-18,38-39,42-45,50-51,54-55,58-61H,19-21H2,1-10H3. The molecule has 8 rings (SSSR count). The average molecular weight is 1040 g/mol. The molecule has 0 spiro atoms. The largest absolute Gasteiger partial charge is 0.507 e. The second-order valence-electron chi connectivity index (χ2n) is 19.7. The molecule has 8 unspecified atom stereocenters. The Labute approximate surface area is 427 Å². The molecule has 0 bridgehead atoms. The average Bonchev–Trinajstić information content (AvgIpc) is 3.99. The van der Waals surface area contributed by atoms with Gasteiger partial charge < -0.3 is 77.1 Å². The van der Waals surface area contributed by atoms with Gasteiger partial charge in [0.15, 0.2) is 24.4 Å². The molecule has 2 saturated heterocycles. The molecular formula is C53H58N2O20. The Morgan fingerprint density at radius 1 is 0.587 bits per heavy atom. The first-order valence-corrected chi connectivity index (χ1v) is 23.8. The van der Waals surface area contributed by atoms with E-state index in [4.69, 9.17) is 46.7 Å². The third kappa shape index (κ3) is 10.5. The first-order valence-electron chi connectivity index (χ1n) is 23.8. The number of aliphatic hydroxyl groups excluding tert-OH is 2. The smallest absolute Gasteiger partial charge is 0.355 e. The molecule has 2 fully saturated rings. The number of H-pyrrole nitrogens is 2. The van der Waals surface area contributed by atoms with Crippen molar-refractivity contribution in [1.29, 1.82) is 0 Å². The molecule has 2 aromatic carbocycles. The number of aromatic nitrogens is 2. The number of aliphatic hydroxyl groups is 2. The van der Waals surface area contributed by atoms with Gasteiger partial charge in [0, 0.05) is 49.6 Å². The molecule has 4 aromatic heterocycles. The van der Waals surface area contributed by atoms with Crippen molar-refractivity contribution in [2.24, 2.45) is 0 Å². The van der Waals surface area contributed by atoms with Crippen LogP contribution in [0.1, 0.15) is 88.7 Å². The first-order chi connectivity index (χ1) is 35.3. The van der Waals surface area contributed by atoms with Crippen LogP contribution in [-0.4, -0.2) is 129 Å². The van der Waals surface area contributed by atoms with E-state index in [2.05, 4.69) is 9.97 Å². The molecule has 6 heterocycles. The molecule has 0 saturated carbocycles. The van der Waals surface area contributed by atoms with E-state index >= 15 is 0 Å². The zero-order chi connectivity index (χ0) is 54.6. The van der Waals surface area contributed by atoms with Gasteiger partial charge in [-0.2, -0.15) is 0 Å². The van der Waals surface area contributed by atoms with Crippen LogP contribution in [-0.2, 0) is 50.9 Å². The lowest BCUT2D eigenvalue weighted by Gasteiger charge is -2.47. The van der Waals surface area contributed by atoms with Crippen LogP contribution in [0.15, 0.2) is 67.0 Å². The third-order valence-corrected chi connectivity index (χ3v) is 13.4. The summed E-state index contributed by atoms with van der Waals surface area (Å²) in [4.78, 5) is 85.2. The van der Waals surface area contributed by atoms with Gasteiger partial charge in [-0.3, -0.25) is 9.59 Å². The maximum atomic E-state index is 13.4. The number of Topliss-reactive ketones (excluding diaryl/α,β-unsaturated/α-hetero) is 2. The summed E-state index contributed by atoms with van der Waals surface area (Å²) in [5, 5.41) is 45.5. The zero-order valence-electron chi connectivity index (χ0n) is 42.7. The monoisotopic (exact) mass is 1040 g/mol. The molecular weight excluding hydrogens is 985 g/mol. The highest BCUT2D eigenvalue weighted by Gasteiger charge is 2.55. The Morgan fingerprint density at radius 2 is 0.960 bits per heavy atom. The number of fused-ring (bicyclic) bond motifs is 2. The highest BCUT2D eigenvalue weighted by Crippen LogP contribution is 2.40. The normalized spacial score (nSPS) is 23.2. The molecule has 0 aliphatic carbocycles. The van der Waals surface area contributed by atoms with Gasteiger partial charge in [0.25, 0.3) is 0 Å². The van der Waals surface area contributed by atoms with E-state index in [-0.39, 0.29) is 56.0 Å². The molecule has 2 aliphatic rings. The van der Waals surface area contributed by atoms with Crippen molar-refractivity contribution in [1.82, 2.24) is 9.97 Å². The maximum absolute atomic E-state index is 13.4. The number of aromatic amines is 2. The second kappa shape index (κ2) is 20.8. The maximum Gasteiger partial charge on any atom is 0.355 e. The summed E-state index contributed by atoms with van der Waals surface area (Å²) in [5.41, 5.74) is -3.57. The number of aromatic hydroxyl groups is 2. The van der Waals surface area contributed by atoms with Crippen molar-refractivity contribution in [3.63, 3.8) is 0 Å². The highest BCUT2D eigenvalue weighted by molar-refractivity contribution is 6.02. The van der Waals surface area contributed by atoms with E-state index in [9.17, 15) is 49.2 Å².